The van der Waals surface area contributed by atoms with Gasteiger partial charge in [0.15, 0.2) is 12.3 Å². The predicted octanol–water partition coefficient (Wildman–Crippen LogP) is 4.06. The molecular weight excluding hydrogens is 374 g/mol. The standard InChI is InChI=1S/C21H23N3O3S/c1-3-8-15(2)22-20(25)14-27-21(26)18-13-17(19-11-7-12-28-19)23-24(18)16-9-5-4-6-10-16/h4-7,9-13,15H,3,8,14H2,1-2H3,(H,22,25)/t15-/m1/s1. The molecule has 0 saturated heterocycles. The summed E-state index contributed by atoms with van der Waals surface area (Å²) in [6.45, 7) is 3.67. The van der Waals surface area contributed by atoms with Crippen molar-refractivity contribution in [3.63, 3.8) is 0 Å². The average molecular weight is 398 g/mol. The van der Waals surface area contributed by atoms with E-state index < -0.39 is 5.97 Å². The van der Waals surface area contributed by atoms with Crippen LogP contribution in [0.2, 0.25) is 0 Å². The molecule has 3 rings (SSSR count). The molecule has 0 aliphatic rings. The number of rotatable bonds is 8. The van der Waals surface area contributed by atoms with Crippen LogP contribution in [0.3, 0.4) is 0 Å². The topological polar surface area (TPSA) is 73.2 Å². The third kappa shape index (κ3) is 4.86. The van der Waals surface area contributed by atoms with E-state index in [1.54, 1.807) is 22.1 Å². The summed E-state index contributed by atoms with van der Waals surface area (Å²) < 4.78 is 6.80. The highest BCUT2D eigenvalue weighted by Crippen LogP contribution is 2.26. The van der Waals surface area contributed by atoms with Gasteiger partial charge in [-0.25, -0.2) is 9.48 Å². The third-order valence-corrected chi connectivity index (χ3v) is 5.05. The Morgan fingerprint density at radius 3 is 2.68 bits per heavy atom. The highest BCUT2D eigenvalue weighted by Gasteiger charge is 2.20. The molecule has 0 bridgehead atoms. The molecule has 3 aromatic rings. The molecule has 0 fully saturated rings. The lowest BCUT2D eigenvalue weighted by Crippen LogP contribution is -2.35. The molecular formula is C21H23N3O3S. The second kappa shape index (κ2) is 9.32. The highest BCUT2D eigenvalue weighted by molar-refractivity contribution is 7.13. The molecule has 1 amide bonds. The fourth-order valence-electron chi connectivity index (χ4n) is 2.86. The van der Waals surface area contributed by atoms with Crippen LogP contribution in [0.1, 0.15) is 37.2 Å². The van der Waals surface area contributed by atoms with Crippen molar-refractivity contribution in [2.75, 3.05) is 6.61 Å². The van der Waals surface area contributed by atoms with Crippen LogP contribution in [0.15, 0.2) is 53.9 Å². The first-order chi connectivity index (χ1) is 13.6. The number of thiophene rings is 1. The molecule has 0 saturated carbocycles. The van der Waals surface area contributed by atoms with Gasteiger partial charge in [0, 0.05) is 12.1 Å². The zero-order valence-corrected chi connectivity index (χ0v) is 16.7. The predicted molar refractivity (Wildman–Crippen MR) is 110 cm³/mol. The minimum absolute atomic E-state index is 0.0523. The number of benzene rings is 1. The van der Waals surface area contributed by atoms with Crippen LogP contribution in [0.25, 0.3) is 16.3 Å². The average Bonchev–Trinajstić information content (AvgIpc) is 3.36. The van der Waals surface area contributed by atoms with Gasteiger partial charge in [-0.2, -0.15) is 5.10 Å². The molecule has 0 aliphatic heterocycles. The van der Waals surface area contributed by atoms with Gasteiger partial charge in [-0.3, -0.25) is 4.79 Å². The summed E-state index contributed by atoms with van der Waals surface area (Å²) in [5.74, 6) is -0.893. The molecule has 1 N–H and O–H groups in total. The van der Waals surface area contributed by atoms with Crippen molar-refractivity contribution in [3.05, 3.63) is 59.6 Å². The van der Waals surface area contributed by atoms with Gasteiger partial charge in [-0.05, 0) is 36.9 Å². The Morgan fingerprint density at radius 1 is 1.21 bits per heavy atom. The Bertz CT molecular complexity index is 920. The molecule has 28 heavy (non-hydrogen) atoms. The molecule has 7 heteroatoms. The number of amides is 1. The summed E-state index contributed by atoms with van der Waals surface area (Å²) in [6, 6.07) is 15.0. The van der Waals surface area contributed by atoms with E-state index in [9.17, 15) is 9.59 Å². The summed E-state index contributed by atoms with van der Waals surface area (Å²) in [6.07, 6.45) is 1.85. The van der Waals surface area contributed by atoms with Crippen LogP contribution < -0.4 is 5.32 Å². The molecule has 1 aromatic carbocycles. The van der Waals surface area contributed by atoms with Crippen molar-refractivity contribution in [2.24, 2.45) is 0 Å². The molecule has 0 radical (unpaired) electrons. The monoisotopic (exact) mass is 397 g/mol. The smallest absolute Gasteiger partial charge is 0.357 e. The molecule has 0 unspecified atom stereocenters. The van der Waals surface area contributed by atoms with Gasteiger partial charge in [0.25, 0.3) is 5.91 Å². The number of hydrogen-bond donors (Lipinski definition) is 1. The van der Waals surface area contributed by atoms with Gasteiger partial charge < -0.3 is 10.1 Å². The van der Waals surface area contributed by atoms with Crippen molar-refractivity contribution >= 4 is 23.2 Å². The van der Waals surface area contributed by atoms with Crippen molar-refractivity contribution in [2.45, 2.75) is 32.7 Å². The summed E-state index contributed by atoms with van der Waals surface area (Å²) in [4.78, 5) is 25.6. The molecule has 0 aliphatic carbocycles. The summed E-state index contributed by atoms with van der Waals surface area (Å²) in [7, 11) is 0. The quantitative estimate of drug-likeness (QED) is 0.582. The SMILES string of the molecule is CCC[C@@H](C)NC(=O)COC(=O)c1cc(-c2cccs2)nn1-c1ccccc1. The number of ether oxygens (including phenoxy) is 1. The summed E-state index contributed by atoms with van der Waals surface area (Å²) >= 11 is 1.54. The number of nitrogens with one attached hydrogen (secondary N) is 1. The minimum Gasteiger partial charge on any atom is -0.451 e. The zero-order valence-electron chi connectivity index (χ0n) is 15.9. The van der Waals surface area contributed by atoms with Gasteiger partial charge >= 0.3 is 5.97 Å². The van der Waals surface area contributed by atoms with E-state index in [2.05, 4.69) is 17.3 Å². The molecule has 0 spiro atoms. The van der Waals surface area contributed by atoms with E-state index in [0.29, 0.717) is 5.69 Å². The minimum atomic E-state index is -0.586. The van der Waals surface area contributed by atoms with Gasteiger partial charge in [-0.15, -0.1) is 11.3 Å². The van der Waals surface area contributed by atoms with Crippen LogP contribution >= 0.6 is 11.3 Å². The Morgan fingerprint density at radius 2 is 2.00 bits per heavy atom. The van der Waals surface area contributed by atoms with Gasteiger partial charge in [0.2, 0.25) is 0 Å². The first-order valence-corrected chi connectivity index (χ1v) is 10.1. The number of nitrogens with zero attached hydrogens (tertiary/aromatic N) is 2. The summed E-state index contributed by atoms with van der Waals surface area (Å²) in [5.41, 5.74) is 1.72. The normalized spacial score (nSPS) is 11.8. The summed E-state index contributed by atoms with van der Waals surface area (Å²) in [5, 5.41) is 9.35. The van der Waals surface area contributed by atoms with Crippen molar-refractivity contribution in [1.29, 1.82) is 0 Å². The Hall–Kier alpha value is -2.93. The van der Waals surface area contributed by atoms with Crippen LogP contribution in [-0.4, -0.2) is 34.3 Å². The van der Waals surface area contributed by atoms with Gasteiger partial charge in [0.1, 0.15) is 5.69 Å². The number of para-hydroxylation sites is 1. The number of carbonyl (C=O) groups excluding carboxylic acids is 2. The fourth-order valence-corrected chi connectivity index (χ4v) is 3.55. The zero-order chi connectivity index (χ0) is 19.9. The Kier molecular flexibility index (Phi) is 6.60. The fraction of sp³-hybridized carbons (Fsp3) is 0.286. The largest absolute Gasteiger partial charge is 0.451 e. The van der Waals surface area contributed by atoms with Crippen LogP contribution in [0.4, 0.5) is 0 Å². The molecule has 6 nitrogen and oxygen atoms in total. The number of carbonyl (C=O) groups is 2. The van der Waals surface area contributed by atoms with E-state index in [1.165, 1.54) is 0 Å². The first kappa shape index (κ1) is 19.8. The van der Waals surface area contributed by atoms with E-state index in [-0.39, 0.29) is 24.2 Å². The lowest BCUT2D eigenvalue weighted by atomic mass is 10.2. The van der Waals surface area contributed by atoms with Crippen molar-refractivity contribution in [1.82, 2.24) is 15.1 Å². The lowest BCUT2D eigenvalue weighted by Gasteiger charge is -2.13. The maximum absolute atomic E-state index is 12.7. The molecule has 146 valence electrons. The Labute approximate surface area is 168 Å². The van der Waals surface area contributed by atoms with Gasteiger partial charge in [-0.1, -0.05) is 37.6 Å². The van der Waals surface area contributed by atoms with Gasteiger partial charge in [0.05, 0.1) is 10.6 Å². The maximum Gasteiger partial charge on any atom is 0.357 e. The second-order valence-corrected chi connectivity index (χ2v) is 7.42. The second-order valence-electron chi connectivity index (χ2n) is 6.47. The molecule has 2 heterocycles. The van der Waals surface area contributed by atoms with Crippen molar-refractivity contribution < 1.29 is 14.3 Å². The Balaban J connectivity index is 1.78. The van der Waals surface area contributed by atoms with Crippen LogP contribution in [0, 0.1) is 0 Å². The molecule has 2 aromatic heterocycles. The first-order valence-electron chi connectivity index (χ1n) is 9.24. The maximum atomic E-state index is 12.7. The van der Waals surface area contributed by atoms with E-state index in [4.69, 9.17) is 4.74 Å². The number of aromatic nitrogens is 2. The lowest BCUT2D eigenvalue weighted by molar-refractivity contribution is -0.124. The highest BCUT2D eigenvalue weighted by atomic mass is 32.1. The van der Waals surface area contributed by atoms with E-state index in [0.717, 1.165) is 23.4 Å². The van der Waals surface area contributed by atoms with Crippen molar-refractivity contribution in [3.8, 4) is 16.3 Å². The van der Waals surface area contributed by atoms with E-state index >= 15 is 0 Å². The van der Waals surface area contributed by atoms with Crippen LogP contribution in [-0.2, 0) is 9.53 Å². The number of esters is 1. The van der Waals surface area contributed by atoms with Crippen LogP contribution in [0.5, 0.6) is 0 Å². The number of hydrogen-bond acceptors (Lipinski definition) is 5. The molecule has 1 atom stereocenters. The third-order valence-electron chi connectivity index (χ3n) is 4.16. The van der Waals surface area contributed by atoms with E-state index in [1.807, 2.05) is 54.8 Å².